The normalized spacial score (nSPS) is 11.0. The molecule has 0 saturated carbocycles. The molecule has 0 atom stereocenters. The molecule has 1 heterocycles. The molecule has 22 heavy (non-hydrogen) atoms. The van der Waals surface area contributed by atoms with Crippen LogP contribution in [0.25, 0.3) is 11.3 Å². The van der Waals surface area contributed by atoms with Gasteiger partial charge in [0.25, 0.3) is 0 Å². The van der Waals surface area contributed by atoms with Gasteiger partial charge in [-0.05, 0) is 24.7 Å². The molecular formula is C18H17ClN2O. The molecule has 0 aliphatic heterocycles. The summed E-state index contributed by atoms with van der Waals surface area (Å²) in [4.78, 5) is 6.52. The maximum absolute atomic E-state index is 5.90. The summed E-state index contributed by atoms with van der Waals surface area (Å²) in [5, 5.41) is 0.756. The number of benzene rings is 2. The minimum atomic E-state index is 0.662. The van der Waals surface area contributed by atoms with Gasteiger partial charge in [-0.15, -0.1) is 0 Å². The molecule has 3 aromatic rings. The molecule has 1 aromatic heterocycles. The van der Waals surface area contributed by atoms with Gasteiger partial charge in [0.2, 0.25) is 5.89 Å². The topological polar surface area (TPSA) is 29.3 Å². The van der Waals surface area contributed by atoms with Crippen LogP contribution in [0.1, 0.15) is 11.5 Å². The summed E-state index contributed by atoms with van der Waals surface area (Å²) in [6.45, 7) is 1.48. The number of halogens is 1. The van der Waals surface area contributed by atoms with Gasteiger partial charge in [-0.3, -0.25) is 4.90 Å². The van der Waals surface area contributed by atoms with Crippen LogP contribution in [-0.4, -0.2) is 16.9 Å². The van der Waals surface area contributed by atoms with Crippen LogP contribution >= 0.6 is 11.6 Å². The standard InChI is InChI=1S/C18H17ClN2O/c1-21(12-14-7-9-16(19)10-8-14)13-18-20-11-17(22-18)15-5-3-2-4-6-15/h2-11H,12-13H2,1H3. The lowest BCUT2D eigenvalue weighted by atomic mass is 10.2. The van der Waals surface area contributed by atoms with E-state index in [-0.39, 0.29) is 0 Å². The van der Waals surface area contributed by atoms with E-state index in [0.29, 0.717) is 6.54 Å². The van der Waals surface area contributed by atoms with Crippen molar-refractivity contribution in [1.82, 2.24) is 9.88 Å². The molecule has 0 spiro atoms. The molecule has 0 aliphatic rings. The van der Waals surface area contributed by atoms with Crippen molar-refractivity contribution in [2.24, 2.45) is 0 Å². The molecule has 0 aliphatic carbocycles. The second kappa shape index (κ2) is 6.77. The Morgan fingerprint density at radius 1 is 1.00 bits per heavy atom. The minimum absolute atomic E-state index is 0.662. The maximum Gasteiger partial charge on any atom is 0.209 e. The summed E-state index contributed by atoms with van der Waals surface area (Å²) in [5.74, 6) is 1.52. The van der Waals surface area contributed by atoms with Gasteiger partial charge in [-0.25, -0.2) is 4.98 Å². The zero-order valence-corrected chi connectivity index (χ0v) is 13.1. The van der Waals surface area contributed by atoms with Crippen molar-refractivity contribution >= 4 is 11.6 Å². The Bertz CT molecular complexity index is 722. The van der Waals surface area contributed by atoms with E-state index < -0.39 is 0 Å². The van der Waals surface area contributed by atoms with E-state index in [1.807, 2.05) is 61.6 Å². The molecule has 2 aromatic carbocycles. The van der Waals surface area contributed by atoms with Crippen molar-refractivity contribution in [3.63, 3.8) is 0 Å². The first kappa shape index (κ1) is 14.8. The number of oxazole rings is 1. The molecule has 112 valence electrons. The molecule has 3 rings (SSSR count). The Morgan fingerprint density at radius 3 is 2.45 bits per heavy atom. The average molecular weight is 313 g/mol. The summed E-state index contributed by atoms with van der Waals surface area (Å²) in [6, 6.07) is 17.9. The third-order valence-corrected chi connectivity index (χ3v) is 3.63. The highest BCUT2D eigenvalue weighted by Gasteiger charge is 2.09. The van der Waals surface area contributed by atoms with Crippen molar-refractivity contribution < 1.29 is 4.42 Å². The monoisotopic (exact) mass is 312 g/mol. The molecule has 0 N–H and O–H groups in total. The Balaban J connectivity index is 1.63. The second-order valence-electron chi connectivity index (χ2n) is 5.28. The number of hydrogen-bond acceptors (Lipinski definition) is 3. The first-order valence-electron chi connectivity index (χ1n) is 7.14. The van der Waals surface area contributed by atoms with Crippen molar-refractivity contribution in [2.75, 3.05) is 7.05 Å². The number of hydrogen-bond donors (Lipinski definition) is 0. The minimum Gasteiger partial charge on any atom is -0.439 e. The van der Waals surface area contributed by atoms with Gasteiger partial charge in [0.05, 0.1) is 12.7 Å². The molecular weight excluding hydrogens is 296 g/mol. The van der Waals surface area contributed by atoms with E-state index in [1.54, 1.807) is 6.20 Å². The van der Waals surface area contributed by atoms with Gasteiger partial charge in [-0.2, -0.15) is 0 Å². The Hall–Kier alpha value is -2.10. The van der Waals surface area contributed by atoms with Crippen LogP contribution in [0.15, 0.2) is 65.2 Å². The summed E-state index contributed by atoms with van der Waals surface area (Å²) in [6.07, 6.45) is 1.78. The molecule has 0 amide bonds. The van der Waals surface area contributed by atoms with Crippen molar-refractivity contribution in [3.05, 3.63) is 77.3 Å². The van der Waals surface area contributed by atoms with Gasteiger partial charge in [-0.1, -0.05) is 54.1 Å². The van der Waals surface area contributed by atoms with E-state index in [1.165, 1.54) is 5.56 Å². The van der Waals surface area contributed by atoms with Gasteiger partial charge < -0.3 is 4.42 Å². The predicted molar refractivity (Wildman–Crippen MR) is 88.6 cm³/mol. The Kier molecular flexibility index (Phi) is 4.56. The number of nitrogens with zero attached hydrogens (tertiary/aromatic N) is 2. The lowest BCUT2D eigenvalue weighted by Crippen LogP contribution is -2.17. The van der Waals surface area contributed by atoms with E-state index in [9.17, 15) is 0 Å². The van der Waals surface area contributed by atoms with E-state index >= 15 is 0 Å². The predicted octanol–water partition coefficient (Wildman–Crippen LogP) is 4.63. The highest BCUT2D eigenvalue weighted by atomic mass is 35.5. The highest BCUT2D eigenvalue weighted by Crippen LogP contribution is 2.20. The Labute approximate surface area is 135 Å². The van der Waals surface area contributed by atoms with Gasteiger partial charge >= 0.3 is 0 Å². The number of aromatic nitrogens is 1. The van der Waals surface area contributed by atoms with Crippen molar-refractivity contribution in [2.45, 2.75) is 13.1 Å². The van der Waals surface area contributed by atoms with Gasteiger partial charge in [0, 0.05) is 17.1 Å². The zero-order chi connectivity index (χ0) is 15.4. The largest absolute Gasteiger partial charge is 0.439 e. The maximum atomic E-state index is 5.90. The van der Waals surface area contributed by atoms with E-state index in [2.05, 4.69) is 9.88 Å². The first-order valence-corrected chi connectivity index (χ1v) is 7.51. The molecule has 0 radical (unpaired) electrons. The molecule has 0 saturated heterocycles. The smallest absolute Gasteiger partial charge is 0.209 e. The fourth-order valence-corrected chi connectivity index (χ4v) is 2.43. The summed E-state index contributed by atoms with van der Waals surface area (Å²) < 4.78 is 5.82. The molecule has 0 fully saturated rings. The third-order valence-electron chi connectivity index (χ3n) is 3.38. The third kappa shape index (κ3) is 3.75. The van der Waals surface area contributed by atoms with Crippen LogP contribution in [0.5, 0.6) is 0 Å². The van der Waals surface area contributed by atoms with Crippen LogP contribution in [0.4, 0.5) is 0 Å². The summed E-state index contributed by atoms with van der Waals surface area (Å²) in [7, 11) is 2.04. The molecule has 0 bridgehead atoms. The van der Waals surface area contributed by atoms with Crippen LogP contribution in [-0.2, 0) is 13.1 Å². The molecule has 4 heteroatoms. The highest BCUT2D eigenvalue weighted by molar-refractivity contribution is 6.30. The zero-order valence-electron chi connectivity index (χ0n) is 12.4. The summed E-state index contributed by atoms with van der Waals surface area (Å²) in [5.41, 5.74) is 2.25. The first-order chi connectivity index (χ1) is 10.7. The van der Waals surface area contributed by atoms with E-state index in [4.69, 9.17) is 16.0 Å². The van der Waals surface area contributed by atoms with E-state index in [0.717, 1.165) is 28.8 Å². The van der Waals surface area contributed by atoms with Gasteiger partial charge in [0.1, 0.15) is 0 Å². The van der Waals surface area contributed by atoms with Crippen LogP contribution < -0.4 is 0 Å². The summed E-state index contributed by atoms with van der Waals surface area (Å²) >= 11 is 5.90. The van der Waals surface area contributed by atoms with Crippen molar-refractivity contribution in [3.8, 4) is 11.3 Å². The van der Waals surface area contributed by atoms with Crippen LogP contribution in [0, 0.1) is 0 Å². The van der Waals surface area contributed by atoms with Crippen LogP contribution in [0.3, 0.4) is 0 Å². The Morgan fingerprint density at radius 2 is 1.73 bits per heavy atom. The second-order valence-corrected chi connectivity index (χ2v) is 5.72. The lowest BCUT2D eigenvalue weighted by Gasteiger charge is -2.14. The average Bonchev–Trinajstić information content (AvgIpc) is 2.99. The van der Waals surface area contributed by atoms with Crippen molar-refractivity contribution in [1.29, 1.82) is 0 Å². The fourth-order valence-electron chi connectivity index (χ4n) is 2.31. The fraction of sp³-hybridized carbons (Fsp3) is 0.167. The number of rotatable bonds is 5. The SMILES string of the molecule is CN(Cc1ccc(Cl)cc1)Cc1ncc(-c2ccccc2)o1. The lowest BCUT2D eigenvalue weighted by molar-refractivity contribution is 0.283. The van der Waals surface area contributed by atoms with Gasteiger partial charge in [0.15, 0.2) is 5.76 Å². The molecule has 0 unspecified atom stereocenters. The molecule has 3 nitrogen and oxygen atoms in total. The van der Waals surface area contributed by atoms with Crippen LogP contribution in [0.2, 0.25) is 5.02 Å². The quantitative estimate of drug-likeness (QED) is 0.688.